The van der Waals surface area contributed by atoms with Crippen molar-refractivity contribution in [1.29, 1.82) is 0 Å². The van der Waals surface area contributed by atoms with E-state index in [1.807, 2.05) is 3.59 Å². The van der Waals surface area contributed by atoms with Gasteiger partial charge < -0.3 is 0 Å². The summed E-state index contributed by atoms with van der Waals surface area (Å²) in [6, 6.07) is 32.4. The normalized spacial score (nSPS) is 15.3. The molecule has 1 aliphatic carbocycles. The van der Waals surface area contributed by atoms with Crippen LogP contribution in [0.25, 0.3) is 6.08 Å². The Kier molecular flexibility index (Phi) is 10.1. The van der Waals surface area contributed by atoms with Crippen molar-refractivity contribution >= 4 is 43.0 Å². The molecular formula is C33H43PSn. The van der Waals surface area contributed by atoms with Gasteiger partial charge in [-0.15, -0.1) is 0 Å². The Hall–Kier alpha value is -1.37. The second kappa shape index (κ2) is 13.3. The second-order valence-electron chi connectivity index (χ2n) is 10.3. The van der Waals surface area contributed by atoms with Crippen LogP contribution < -0.4 is 10.6 Å². The zero-order valence-corrected chi connectivity index (χ0v) is 25.8. The third kappa shape index (κ3) is 6.14. The number of unbranched alkanes of at least 4 members (excludes halogenated alkanes) is 3. The predicted octanol–water partition coefficient (Wildman–Crippen LogP) is 9.65. The maximum absolute atomic E-state index is 2.73. The van der Waals surface area contributed by atoms with E-state index in [0.29, 0.717) is 5.66 Å². The molecule has 0 saturated heterocycles. The van der Waals surface area contributed by atoms with Gasteiger partial charge in [-0.2, -0.15) is 0 Å². The summed E-state index contributed by atoms with van der Waals surface area (Å²) in [5.74, 6) is 0. The van der Waals surface area contributed by atoms with Gasteiger partial charge in [-0.05, 0) is 0 Å². The molecule has 0 amide bonds. The van der Waals surface area contributed by atoms with Gasteiger partial charge in [0, 0.05) is 0 Å². The molecule has 1 unspecified atom stereocenters. The average molecular weight is 589 g/mol. The molecule has 0 nitrogen and oxygen atoms in total. The first-order chi connectivity index (χ1) is 17.2. The number of benzene rings is 3. The summed E-state index contributed by atoms with van der Waals surface area (Å²) in [5, 5.41) is 3.06. The number of hydrogen-bond acceptors (Lipinski definition) is 0. The number of hydrogen-bond donors (Lipinski definition) is 0. The first-order valence-corrected chi connectivity index (χ1v) is 22.8. The molecular weight excluding hydrogens is 546 g/mol. The first kappa shape index (κ1) is 26.7. The van der Waals surface area contributed by atoms with Gasteiger partial charge in [-0.25, -0.2) is 0 Å². The Morgan fingerprint density at radius 3 is 1.54 bits per heavy atom. The Balaban J connectivity index is 1.91. The van der Waals surface area contributed by atoms with Gasteiger partial charge in [-0.1, -0.05) is 0 Å². The van der Waals surface area contributed by atoms with Gasteiger partial charge in [0.1, 0.15) is 0 Å². The third-order valence-corrected chi connectivity index (χ3v) is 27.3. The molecule has 1 aliphatic rings. The Morgan fingerprint density at radius 2 is 1.06 bits per heavy atom. The van der Waals surface area contributed by atoms with Crippen molar-refractivity contribution in [1.82, 2.24) is 0 Å². The summed E-state index contributed by atoms with van der Waals surface area (Å²) in [6.45, 7) is 7.19. The summed E-state index contributed by atoms with van der Waals surface area (Å²) in [7, 11) is -0.503. The number of rotatable bonds is 13. The van der Waals surface area contributed by atoms with E-state index in [9.17, 15) is 0 Å². The molecule has 0 bridgehead atoms. The summed E-state index contributed by atoms with van der Waals surface area (Å²) in [4.78, 5) is 0. The van der Waals surface area contributed by atoms with Crippen LogP contribution in [0.3, 0.4) is 0 Å². The molecule has 184 valence electrons. The van der Waals surface area contributed by atoms with E-state index in [4.69, 9.17) is 0 Å². The van der Waals surface area contributed by atoms with E-state index in [1.54, 1.807) is 5.56 Å². The molecule has 2 heteroatoms. The van der Waals surface area contributed by atoms with Gasteiger partial charge >= 0.3 is 221 Å². The van der Waals surface area contributed by atoms with Gasteiger partial charge in [0.25, 0.3) is 0 Å². The minimum atomic E-state index is -2.63. The fourth-order valence-electron chi connectivity index (χ4n) is 6.00. The first-order valence-electron chi connectivity index (χ1n) is 13.9. The molecule has 0 spiro atoms. The molecule has 4 rings (SSSR count). The molecule has 0 N–H and O–H groups in total. The van der Waals surface area contributed by atoms with Crippen LogP contribution in [0.4, 0.5) is 0 Å². The summed E-state index contributed by atoms with van der Waals surface area (Å²) in [5.41, 5.74) is 3.66. The molecule has 0 saturated carbocycles. The van der Waals surface area contributed by atoms with Crippen LogP contribution in [0.15, 0.2) is 88.5 Å². The molecule has 3 aromatic rings. The van der Waals surface area contributed by atoms with Gasteiger partial charge in [0.05, 0.1) is 0 Å². The monoisotopic (exact) mass is 590 g/mol. The average Bonchev–Trinajstić information content (AvgIpc) is 3.30. The summed E-state index contributed by atoms with van der Waals surface area (Å²) < 4.78 is 6.56. The minimum absolute atomic E-state index is 0.503. The van der Waals surface area contributed by atoms with Crippen LogP contribution in [0, 0.1) is 0 Å². The van der Waals surface area contributed by atoms with E-state index in [2.05, 4.69) is 112 Å². The molecule has 0 fully saturated rings. The van der Waals surface area contributed by atoms with E-state index in [1.165, 1.54) is 68.0 Å². The van der Waals surface area contributed by atoms with Crippen molar-refractivity contribution in [3.8, 4) is 0 Å². The Morgan fingerprint density at radius 1 is 0.600 bits per heavy atom. The molecule has 0 radical (unpaired) electrons. The fraction of sp³-hybridized carbons (Fsp3) is 0.394. The van der Waals surface area contributed by atoms with Crippen LogP contribution in [0.2, 0.25) is 13.3 Å². The van der Waals surface area contributed by atoms with Gasteiger partial charge in [0.2, 0.25) is 0 Å². The van der Waals surface area contributed by atoms with E-state index < -0.39 is 26.3 Å². The second-order valence-corrected chi connectivity index (χ2v) is 25.8. The van der Waals surface area contributed by atoms with Crippen LogP contribution >= 0.6 is 7.92 Å². The number of fused-ring (bicyclic) bond motifs is 1. The Bertz CT molecular complexity index is 1010. The fourth-order valence-corrected chi connectivity index (χ4v) is 28.5. The Labute approximate surface area is 219 Å². The van der Waals surface area contributed by atoms with Crippen LogP contribution in [0.5, 0.6) is 0 Å². The predicted molar refractivity (Wildman–Crippen MR) is 161 cm³/mol. The van der Waals surface area contributed by atoms with E-state index in [0.717, 1.165) is 0 Å². The van der Waals surface area contributed by atoms with Gasteiger partial charge in [0.15, 0.2) is 0 Å². The zero-order valence-electron chi connectivity index (χ0n) is 22.0. The SMILES string of the molecule is CCC[CH2][Sn]([CH2]CCC)([CH2]CCC)[C]1=Cc2ccccc2C1P(c1ccccc1)c1ccccc1. The standard InChI is InChI=1S/C21H16P.3C4H9.Sn/c1-3-10-18(11-4-1)22(19-12-5-2-6-13-19)21-16-15-17-9-7-8-14-20(17)21;3*1-3-4-2;/h1-15,21H;3*1,3-4H2,2H3;. The molecule has 1 atom stereocenters. The van der Waals surface area contributed by atoms with Crippen molar-refractivity contribution in [2.24, 2.45) is 0 Å². The van der Waals surface area contributed by atoms with Crippen molar-refractivity contribution in [2.45, 2.75) is 78.3 Å². The maximum atomic E-state index is 2.73. The summed E-state index contributed by atoms with van der Waals surface area (Å²) >= 11 is -2.63. The molecule has 0 aliphatic heterocycles. The van der Waals surface area contributed by atoms with Crippen LogP contribution in [-0.2, 0) is 0 Å². The number of allylic oxidation sites excluding steroid dienone is 1. The van der Waals surface area contributed by atoms with Crippen molar-refractivity contribution in [3.05, 3.63) is 99.6 Å². The zero-order chi connectivity index (χ0) is 24.5. The van der Waals surface area contributed by atoms with Crippen molar-refractivity contribution in [3.63, 3.8) is 0 Å². The topological polar surface area (TPSA) is 0 Å². The van der Waals surface area contributed by atoms with Crippen LogP contribution in [-0.4, -0.2) is 18.4 Å². The van der Waals surface area contributed by atoms with Crippen molar-refractivity contribution < 1.29 is 0 Å². The molecule has 0 heterocycles. The van der Waals surface area contributed by atoms with Gasteiger partial charge in [-0.3, -0.25) is 0 Å². The van der Waals surface area contributed by atoms with Crippen LogP contribution in [0.1, 0.15) is 76.1 Å². The van der Waals surface area contributed by atoms with Crippen molar-refractivity contribution in [2.75, 3.05) is 0 Å². The third-order valence-electron chi connectivity index (χ3n) is 7.86. The van der Waals surface area contributed by atoms with E-state index >= 15 is 0 Å². The quantitative estimate of drug-likeness (QED) is 0.138. The molecule has 3 aromatic carbocycles. The molecule has 0 aromatic heterocycles. The molecule has 35 heavy (non-hydrogen) atoms. The summed E-state index contributed by atoms with van der Waals surface area (Å²) in [6.07, 6.45) is 11.0. The van der Waals surface area contributed by atoms with E-state index in [-0.39, 0.29) is 0 Å².